The minimum atomic E-state index is -0.635. The molecule has 0 bridgehead atoms. The highest BCUT2D eigenvalue weighted by Gasteiger charge is 2.45. The van der Waals surface area contributed by atoms with Crippen LogP contribution in [0.2, 0.25) is 0 Å². The Labute approximate surface area is 212 Å². The highest BCUT2D eigenvalue weighted by molar-refractivity contribution is 8.01. The fourth-order valence-corrected chi connectivity index (χ4v) is 6.11. The fourth-order valence-electron chi connectivity index (χ4n) is 4.47. The number of carbonyl (C=O) groups is 2. The molecular formula is C25H25N5O3S2. The number of thioether (sulfide) groups is 1. The first-order chi connectivity index (χ1) is 16.7. The van der Waals surface area contributed by atoms with E-state index in [0.717, 1.165) is 10.0 Å². The number of carbonyl (C=O) groups excluding carboxylic acids is 2. The fraction of sp³-hybridized carbons (Fsp3) is 0.320. The summed E-state index contributed by atoms with van der Waals surface area (Å²) in [4.78, 5) is 27.2. The van der Waals surface area contributed by atoms with Crippen molar-refractivity contribution < 1.29 is 14.3 Å². The molecule has 2 N–H and O–H groups in total. The number of ketones is 1. The Balaban J connectivity index is 1.88. The van der Waals surface area contributed by atoms with Gasteiger partial charge in [0.25, 0.3) is 0 Å². The van der Waals surface area contributed by atoms with E-state index in [1.54, 1.807) is 35.2 Å². The number of nitrogens with zero attached hydrogens (tertiary/aromatic N) is 4. The van der Waals surface area contributed by atoms with Gasteiger partial charge in [0.2, 0.25) is 5.13 Å². The molecule has 1 unspecified atom stereocenters. The van der Waals surface area contributed by atoms with E-state index < -0.39 is 11.9 Å². The predicted molar refractivity (Wildman–Crippen MR) is 136 cm³/mol. The van der Waals surface area contributed by atoms with Crippen molar-refractivity contribution in [3.05, 3.63) is 70.7 Å². The summed E-state index contributed by atoms with van der Waals surface area (Å²) in [6.45, 7) is 7.81. The average Bonchev–Trinajstić information content (AvgIpc) is 3.29. The van der Waals surface area contributed by atoms with Gasteiger partial charge in [-0.2, -0.15) is 5.26 Å². The maximum absolute atomic E-state index is 13.6. The minimum absolute atomic E-state index is 0.0330. The third-order valence-electron chi connectivity index (χ3n) is 5.96. The van der Waals surface area contributed by atoms with Crippen molar-refractivity contribution in [2.24, 2.45) is 11.1 Å². The van der Waals surface area contributed by atoms with Gasteiger partial charge in [-0.15, -0.1) is 16.8 Å². The molecule has 0 fully saturated rings. The molecule has 2 aliphatic rings. The number of benzene rings is 1. The van der Waals surface area contributed by atoms with Crippen LogP contribution in [0.15, 0.2) is 63.9 Å². The average molecular weight is 508 g/mol. The number of Topliss-reactive ketones (excluding diaryl/α,β-unsaturated/α-hetero) is 1. The first-order valence-electron chi connectivity index (χ1n) is 10.9. The number of anilines is 1. The molecule has 0 radical (unpaired) electrons. The number of methoxy groups -OCH3 is 1. The number of ether oxygens (including phenoxy) is 1. The summed E-state index contributed by atoms with van der Waals surface area (Å²) < 4.78 is 5.53. The van der Waals surface area contributed by atoms with Gasteiger partial charge in [-0.25, -0.2) is 4.79 Å². The van der Waals surface area contributed by atoms with Crippen LogP contribution in [0.4, 0.5) is 5.13 Å². The molecule has 1 aliphatic carbocycles. The van der Waals surface area contributed by atoms with Crippen LogP contribution in [0, 0.1) is 16.7 Å². The second-order valence-electron chi connectivity index (χ2n) is 9.04. The van der Waals surface area contributed by atoms with Gasteiger partial charge in [0.05, 0.1) is 30.2 Å². The van der Waals surface area contributed by atoms with Crippen LogP contribution in [0.3, 0.4) is 0 Å². The number of allylic oxidation sites excluding steroid dienone is 3. The number of hydrogen-bond acceptors (Lipinski definition) is 10. The third-order valence-corrected chi connectivity index (χ3v) is 8.00. The number of aromatic nitrogens is 2. The van der Waals surface area contributed by atoms with E-state index in [9.17, 15) is 14.9 Å². The summed E-state index contributed by atoms with van der Waals surface area (Å²) in [6, 6.07) is 8.98. The number of hydrogen-bond donors (Lipinski definition) is 1. The lowest BCUT2D eigenvalue weighted by Crippen LogP contribution is -2.42. The van der Waals surface area contributed by atoms with E-state index in [1.807, 2.05) is 13.8 Å². The van der Waals surface area contributed by atoms with Crippen molar-refractivity contribution in [3.8, 4) is 6.07 Å². The zero-order chi connectivity index (χ0) is 25.3. The molecule has 1 aromatic carbocycles. The molecule has 1 aliphatic heterocycles. The van der Waals surface area contributed by atoms with Crippen LogP contribution in [0.1, 0.15) is 48.5 Å². The maximum atomic E-state index is 13.6. The summed E-state index contributed by atoms with van der Waals surface area (Å²) in [5.41, 5.74) is 8.96. The molecule has 2 aromatic rings. The van der Waals surface area contributed by atoms with E-state index in [4.69, 9.17) is 10.5 Å². The standard InChI is InChI=1S/C25H25N5O3S2/c1-5-10-34-24-29-28-23(35-24)30-17-11-25(2,3)12-18(31)20(17)19(16(13-26)21(30)27)14-6-8-15(9-7-14)22(32)33-4/h5-9,19H,1,10-12,27H2,2-4H3. The molecule has 0 amide bonds. The molecule has 180 valence electrons. The summed E-state index contributed by atoms with van der Waals surface area (Å²) in [6.07, 6.45) is 2.72. The summed E-state index contributed by atoms with van der Waals surface area (Å²) >= 11 is 2.86. The first kappa shape index (κ1) is 24.7. The Kier molecular flexibility index (Phi) is 6.83. The van der Waals surface area contributed by atoms with Gasteiger partial charge in [-0.3, -0.25) is 9.69 Å². The normalized spacial score (nSPS) is 19.3. The van der Waals surface area contributed by atoms with Crippen LogP contribution in [0.25, 0.3) is 0 Å². The van der Waals surface area contributed by atoms with Crippen molar-refractivity contribution in [2.45, 2.75) is 36.9 Å². The topological polar surface area (TPSA) is 122 Å². The highest BCUT2D eigenvalue weighted by Crippen LogP contribution is 2.50. The van der Waals surface area contributed by atoms with Gasteiger partial charge in [0.1, 0.15) is 5.82 Å². The highest BCUT2D eigenvalue weighted by atomic mass is 32.2. The molecule has 0 spiro atoms. The largest absolute Gasteiger partial charge is 0.465 e. The number of nitrogens with two attached hydrogens (primary N) is 1. The molecule has 0 saturated carbocycles. The smallest absolute Gasteiger partial charge is 0.337 e. The Bertz CT molecular complexity index is 1300. The van der Waals surface area contributed by atoms with Crippen molar-refractivity contribution >= 4 is 40.0 Å². The van der Waals surface area contributed by atoms with Gasteiger partial charge in [0, 0.05) is 23.4 Å². The number of rotatable bonds is 6. The summed E-state index contributed by atoms with van der Waals surface area (Å²) in [5, 5.41) is 19.3. The Morgan fingerprint density at radius 1 is 1.37 bits per heavy atom. The second-order valence-corrected chi connectivity index (χ2v) is 11.3. The van der Waals surface area contributed by atoms with Gasteiger partial charge in [0.15, 0.2) is 10.1 Å². The molecule has 10 heteroatoms. The lowest BCUT2D eigenvalue weighted by molar-refractivity contribution is -0.118. The zero-order valence-electron chi connectivity index (χ0n) is 19.7. The molecule has 2 heterocycles. The number of esters is 1. The van der Waals surface area contributed by atoms with Gasteiger partial charge < -0.3 is 10.5 Å². The van der Waals surface area contributed by atoms with E-state index >= 15 is 0 Å². The van der Waals surface area contributed by atoms with E-state index in [-0.39, 0.29) is 22.6 Å². The van der Waals surface area contributed by atoms with Crippen LogP contribution in [-0.2, 0) is 9.53 Å². The molecule has 0 saturated heterocycles. The Hall–Kier alpha value is -3.42. The summed E-state index contributed by atoms with van der Waals surface area (Å²) in [7, 11) is 1.32. The van der Waals surface area contributed by atoms with Gasteiger partial charge >= 0.3 is 5.97 Å². The van der Waals surface area contributed by atoms with E-state index in [0.29, 0.717) is 40.4 Å². The second kappa shape index (κ2) is 9.68. The molecule has 8 nitrogen and oxygen atoms in total. The molecular weight excluding hydrogens is 482 g/mol. The van der Waals surface area contributed by atoms with Crippen molar-refractivity contribution in [1.29, 1.82) is 5.26 Å². The van der Waals surface area contributed by atoms with Crippen LogP contribution in [0.5, 0.6) is 0 Å². The van der Waals surface area contributed by atoms with Crippen molar-refractivity contribution in [1.82, 2.24) is 10.2 Å². The third kappa shape index (κ3) is 4.61. The lowest BCUT2D eigenvalue weighted by atomic mass is 9.68. The molecule has 1 atom stereocenters. The van der Waals surface area contributed by atoms with Crippen molar-refractivity contribution in [3.63, 3.8) is 0 Å². The van der Waals surface area contributed by atoms with E-state index in [2.05, 4.69) is 22.8 Å². The predicted octanol–water partition coefficient (Wildman–Crippen LogP) is 4.54. The zero-order valence-corrected chi connectivity index (χ0v) is 21.3. The monoisotopic (exact) mass is 507 g/mol. The first-order valence-corrected chi connectivity index (χ1v) is 12.7. The van der Waals surface area contributed by atoms with Crippen LogP contribution < -0.4 is 10.6 Å². The number of nitriles is 1. The van der Waals surface area contributed by atoms with Crippen molar-refractivity contribution in [2.75, 3.05) is 17.8 Å². The summed E-state index contributed by atoms with van der Waals surface area (Å²) in [5.74, 6) is -0.209. The lowest BCUT2D eigenvalue weighted by Gasteiger charge is -2.42. The minimum Gasteiger partial charge on any atom is -0.465 e. The SMILES string of the molecule is C=CCSc1nnc(N2C(N)=C(C#N)C(c3ccc(C(=O)OC)cc3)C3=C2CC(C)(C)CC3=O)s1. The van der Waals surface area contributed by atoms with Gasteiger partial charge in [-0.1, -0.05) is 55.2 Å². The Morgan fingerprint density at radius 3 is 2.71 bits per heavy atom. The van der Waals surface area contributed by atoms with Gasteiger partial charge in [-0.05, 0) is 29.5 Å². The van der Waals surface area contributed by atoms with E-state index in [1.165, 1.54) is 30.2 Å². The van der Waals surface area contributed by atoms with Crippen LogP contribution >= 0.6 is 23.1 Å². The quantitative estimate of drug-likeness (QED) is 0.341. The maximum Gasteiger partial charge on any atom is 0.337 e. The van der Waals surface area contributed by atoms with Crippen LogP contribution in [-0.4, -0.2) is 34.8 Å². The molecule has 4 rings (SSSR count). The molecule has 35 heavy (non-hydrogen) atoms. The Morgan fingerprint density at radius 2 is 2.09 bits per heavy atom. The molecule has 1 aromatic heterocycles.